The Kier molecular flexibility index (Phi) is 6.08. The lowest BCUT2D eigenvalue weighted by atomic mass is 10.0. The number of benzene rings is 4. The first-order valence-corrected chi connectivity index (χ1v) is 14.0. The smallest absolute Gasteiger partial charge is 0.337 e. The third-order valence-corrected chi connectivity index (χ3v) is 8.88. The van der Waals surface area contributed by atoms with Crippen LogP contribution in [-0.2, 0) is 14.8 Å². The Bertz CT molecular complexity index is 1980. The van der Waals surface area contributed by atoms with Gasteiger partial charge in [0, 0.05) is 22.0 Å². The molecular formula is C29H19BrFN3O4S. The van der Waals surface area contributed by atoms with Crippen molar-refractivity contribution < 1.29 is 22.3 Å². The van der Waals surface area contributed by atoms with E-state index in [9.17, 15) is 17.6 Å². The molecule has 0 saturated carbocycles. The van der Waals surface area contributed by atoms with E-state index in [2.05, 4.69) is 21.0 Å². The minimum atomic E-state index is -3.95. The molecular weight excluding hydrogens is 585 g/mol. The second kappa shape index (κ2) is 9.48. The molecule has 0 N–H and O–H groups in total. The summed E-state index contributed by atoms with van der Waals surface area (Å²) in [5.41, 5.74) is 3.80. The molecule has 0 spiro atoms. The molecule has 10 heteroatoms. The summed E-state index contributed by atoms with van der Waals surface area (Å²) in [5.74, 6) is -0.814. The summed E-state index contributed by atoms with van der Waals surface area (Å²) in [7, 11) is -2.63. The van der Waals surface area contributed by atoms with Gasteiger partial charge in [0.25, 0.3) is 10.0 Å². The van der Waals surface area contributed by atoms with Gasteiger partial charge in [-0.2, -0.15) is 17.6 Å². The number of methoxy groups -OCH3 is 1. The third kappa shape index (κ3) is 4.12. The maximum absolute atomic E-state index is 13.8. The van der Waals surface area contributed by atoms with E-state index in [1.165, 1.54) is 37.6 Å². The molecule has 7 nitrogen and oxygen atoms in total. The minimum Gasteiger partial charge on any atom is -0.465 e. The van der Waals surface area contributed by atoms with Crippen molar-refractivity contribution in [1.29, 1.82) is 0 Å². The second-order valence-electron chi connectivity index (χ2n) is 8.78. The summed E-state index contributed by atoms with van der Waals surface area (Å²) in [4.78, 5) is 12.1. The van der Waals surface area contributed by atoms with Crippen molar-refractivity contribution in [1.82, 2.24) is 13.8 Å². The molecule has 0 fully saturated rings. The monoisotopic (exact) mass is 603 g/mol. The van der Waals surface area contributed by atoms with Crippen molar-refractivity contribution in [3.05, 3.63) is 113 Å². The molecule has 6 aromatic rings. The van der Waals surface area contributed by atoms with E-state index in [-0.39, 0.29) is 10.7 Å². The molecule has 0 aliphatic rings. The number of hydrogen-bond donors (Lipinski definition) is 0. The first kappa shape index (κ1) is 25.0. The van der Waals surface area contributed by atoms with E-state index in [1.54, 1.807) is 60.7 Å². The fraction of sp³-hybridized carbons (Fsp3) is 0.0345. The van der Waals surface area contributed by atoms with Crippen LogP contribution in [0.3, 0.4) is 0 Å². The molecule has 0 radical (unpaired) electrons. The van der Waals surface area contributed by atoms with Gasteiger partial charge >= 0.3 is 5.97 Å². The SMILES string of the molecule is COC(=O)c1ccc(-c2c(Br)n(-c3ccc(F)cc3)c3cc4cnn(S(=O)(=O)c5ccccc5)c4cc23)cc1. The fourth-order valence-corrected chi connectivity index (χ4v) is 6.77. The summed E-state index contributed by atoms with van der Waals surface area (Å²) < 4.78 is 49.1. The second-order valence-corrected chi connectivity index (χ2v) is 11.3. The number of carbonyl (C=O) groups is 1. The van der Waals surface area contributed by atoms with Crippen LogP contribution in [0.25, 0.3) is 38.6 Å². The van der Waals surface area contributed by atoms with Gasteiger partial charge in [-0.1, -0.05) is 30.3 Å². The number of aromatic nitrogens is 3. The van der Waals surface area contributed by atoms with Crippen molar-refractivity contribution in [2.75, 3.05) is 7.11 Å². The minimum absolute atomic E-state index is 0.124. The van der Waals surface area contributed by atoms with Crippen LogP contribution in [0.5, 0.6) is 0 Å². The number of rotatable bonds is 5. The summed E-state index contributed by atoms with van der Waals surface area (Å²) in [6.07, 6.45) is 1.51. The van der Waals surface area contributed by atoms with Crippen LogP contribution < -0.4 is 0 Å². The Morgan fingerprint density at radius 1 is 0.923 bits per heavy atom. The quantitative estimate of drug-likeness (QED) is 0.208. The molecule has 0 saturated heterocycles. The van der Waals surface area contributed by atoms with Gasteiger partial charge in [-0.3, -0.25) is 0 Å². The molecule has 2 heterocycles. The third-order valence-electron chi connectivity index (χ3n) is 6.51. The standard InChI is InChI=1S/C29H19BrFN3O4S/c1-38-29(35)19-9-7-18(8-10-19)27-24-16-25-20(17-32-34(25)39(36,37)23-5-3-2-4-6-23)15-26(24)33(28(27)30)22-13-11-21(31)12-14-22/h2-17H,1H3. The number of ether oxygens (including phenoxy) is 1. The summed E-state index contributed by atoms with van der Waals surface area (Å²) >= 11 is 3.74. The first-order chi connectivity index (χ1) is 18.8. The van der Waals surface area contributed by atoms with Gasteiger partial charge in [0.05, 0.1) is 39.4 Å². The fourth-order valence-electron chi connectivity index (χ4n) is 4.64. The molecule has 0 aliphatic heterocycles. The number of nitrogens with zero attached hydrogens (tertiary/aromatic N) is 3. The number of hydrogen-bond acceptors (Lipinski definition) is 5. The molecule has 0 unspecified atom stereocenters. The van der Waals surface area contributed by atoms with E-state index in [0.717, 1.165) is 26.1 Å². The van der Waals surface area contributed by atoms with E-state index in [4.69, 9.17) is 4.74 Å². The largest absolute Gasteiger partial charge is 0.465 e. The molecule has 6 rings (SSSR count). The van der Waals surface area contributed by atoms with Crippen molar-refractivity contribution >= 4 is 53.7 Å². The van der Waals surface area contributed by atoms with Gasteiger partial charge in [0.2, 0.25) is 0 Å². The molecule has 2 aromatic heterocycles. The Balaban J connectivity index is 1.64. The normalized spacial score (nSPS) is 11.8. The van der Waals surface area contributed by atoms with Crippen LogP contribution in [0.4, 0.5) is 4.39 Å². The Labute approximate surface area is 231 Å². The lowest BCUT2D eigenvalue weighted by Crippen LogP contribution is -2.14. The van der Waals surface area contributed by atoms with Crippen LogP contribution in [0.2, 0.25) is 0 Å². The topological polar surface area (TPSA) is 83.2 Å². The zero-order valence-corrected chi connectivity index (χ0v) is 22.8. The predicted molar refractivity (Wildman–Crippen MR) is 150 cm³/mol. The van der Waals surface area contributed by atoms with Gasteiger partial charge in [0.15, 0.2) is 0 Å². The van der Waals surface area contributed by atoms with E-state index in [1.807, 2.05) is 10.6 Å². The number of esters is 1. The number of carbonyl (C=O) groups excluding carboxylic acids is 1. The average Bonchev–Trinajstić information content (AvgIpc) is 3.50. The van der Waals surface area contributed by atoms with Gasteiger partial charge in [-0.25, -0.2) is 9.18 Å². The molecule has 0 amide bonds. The van der Waals surface area contributed by atoms with Crippen LogP contribution in [-0.4, -0.2) is 35.2 Å². The molecule has 4 aromatic carbocycles. The molecule has 194 valence electrons. The van der Waals surface area contributed by atoms with Crippen molar-refractivity contribution in [3.8, 4) is 16.8 Å². The predicted octanol–water partition coefficient (Wildman–Crippen LogP) is 6.57. The van der Waals surface area contributed by atoms with Crippen molar-refractivity contribution in [2.24, 2.45) is 0 Å². The zero-order valence-electron chi connectivity index (χ0n) is 20.4. The molecule has 0 aliphatic carbocycles. The molecule has 0 bridgehead atoms. The highest BCUT2D eigenvalue weighted by atomic mass is 79.9. The lowest BCUT2D eigenvalue weighted by Gasteiger charge is -2.08. The van der Waals surface area contributed by atoms with Gasteiger partial charge in [0.1, 0.15) is 5.82 Å². The number of halogens is 2. The van der Waals surface area contributed by atoms with Crippen LogP contribution >= 0.6 is 15.9 Å². The van der Waals surface area contributed by atoms with Crippen molar-refractivity contribution in [3.63, 3.8) is 0 Å². The maximum atomic E-state index is 13.8. The summed E-state index contributed by atoms with van der Waals surface area (Å²) in [6, 6.07) is 24.8. The summed E-state index contributed by atoms with van der Waals surface area (Å²) in [6.45, 7) is 0. The van der Waals surface area contributed by atoms with E-state index >= 15 is 0 Å². The average molecular weight is 604 g/mol. The Hall–Kier alpha value is -4.28. The zero-order chi connectivity index (χ0) is 27.3. The van der Waals surface area contributed by atoms with Crippen molar-refractivity contribution in [2.45, 2.75) is 4.90 Å². The first-order valence-electron chi connectivity index (χ1n) is 11.8. The highest BCUT2D eigenvalue weighted by molar-refractivity contribution is 9.10. The maximum Gasteiger partial charge on any atom is 0.337 e. The molecule has 39 heavy (non-hydrogen) atoms. The number of fused-ring (bicyclic) bond motifs is 2. The van der Waals surface area contributed by atoms with Crippen LogP contribution in [0, 0.1) is 5.82 Å². The van der Waals surface area contributed by atoms with Crippen LogP contribution in [0.15, 0.2) is 107 Å². The van der Waals surface area contributed by atoms with E-state index < -0.39 is 16.0 Å². The van der Waals surface area contributed by atoms with Crippen LogP contribution in [0.1, 0.15) is 10.4 Å². The van der Waals surface area contributed by atoms with Gasteiger partial charge in [-0.15, -0.1) is 0 Å². The highest BCUT2D eigenvalue weighted by Gasteiger charge is 2.24. The Morgan fingerprint density at radius 3 is 2.28 bits per heavy atom. The van der Waals surface area contributed by atoms with Gasteiger partial charge in [-0.05, 0) is 82.2 Å². The van der Waals surface area contributed by atoms with E-state index in [0.29, 0.717) is 26.8 Å². The van der Waals surface area contributed by atoms with Gasteiger partial charge < -0.3 is 9.30 Å². The summed E-state index contributed by atoms with van der Waals surface area (Å²) in [5, 5.41) is 5.58. The molecule has 0 atom stereocenters. The lowest BCUT2D eigenvalue weighted by molar-refractivity contribution is 0.0600. The Morgan fingerprint density at radius 2 is 1.62 bits per heavy atom. The highest BCUT2D eigenvalue weighted by Crippen LogP contribution is 2.42.